The van der Waals surface area contributed by atoms with Crippen LogP contribution in [0.1, 0.15) is 17.2 Å². The molecule has 2 amide bonds. The van der Waals surface area contributed by atoms with Crippen LogP contribution in [0.4, 0.5) is 24.5 Å². The normalized spacial score (nSPS) is 14.2. The molecule has 172 valence electrons. The summed E-state index contributed by atoms with van der Waals surface area (Å²) < 4.78 is 40.4. The Balaban J connectivity index is 1.58. The molecule has 0 unspecified atom stereocenters. The second-order valence-electron chi connectivity index (χ2n) is 7.78. The smallest absolute Gasteiger partial charge is 0.406 e. The number of ether oxygens (including phenoxy) is 1. The summed E-state index contributed by atoms with van der Waals surface area (Å²) >= 11 is 0. The van der Waals surface area contributed by atoms with E-state index < -0.39 is 23.9 Å². The molecule has 0 aromatic heterocycles. The summed E-state index contributed by atoms with van der Waals surface area (Å²) in [4.78, 5) is 28.6. The first-order valence-electron chi connectivity index (χ1n) is 9.99. The van der Waals surface area contributed by atoms with Crippen molar-refractivity contribution in [2.24, 2.45) is 0 Å². The largest absolute Gasteiger partial charge is 0.573 e. The van der Waals surface area contributed by atoms with E-state index in [0.717, 1.165) is 30.7 Å². The second kappa shape index (κ2) is 9.47. The van der Waals surface area contributed by atoms with Gasteiger partial charge in [0.1, 0.15) is 5.75 Å². The third kappa shape index (κ3) is 5.91. The van der Waals surface area contributed by atoms with Crippen LogP contribution in [-0.2, 0) is 16.0 Å². The highest BCUT2D eigenvalue weighted by atomic mass is 19.4. The summed E-state index contributed by atoms with van der Waals surface area (Å²) in [7, 11) is 5.83. The number of anilines is 2. The number of alkyl halides is 3. The number of amides is 2. The first kappa shape index (κ1) is 23.4. The van der Waals surface area contributed by atoms with Gasteiger partial charge >= 0.3 is 18.2 Å². The van der Waals surface area contributed by atoms with Crippen molar-refractivity contribution in [3.63, 3.8) is 0 Å². The Hall–Kier alpha value is -3.27. The molecular weight excluding hydrogens is 425 g/mol. The third-order valence-corrected chi connectivity index (χ3v) is 5.25. The van der Waals surface area contributed by atoms with Crippen LogP contribution in [0, 0.1) is 0 Å². The van der Waals surface area contributed by atoms with Crippen molar-refractivity contribution in [1.29, 1.82) is 0 Å². The van der Waals surface area contributed by atoms with E-state index in [2.05, 4.69) is 32.4 Å². The van der Waals surface area contributed by atoms with Gasteiger partial charge in [-0.05, 0) is 62.0 Å². The van der Waals surface area contributed by atoms with Gasteiger partial charge < -0.3 is 25.2 Å². The number of likely N-dealkylation sites (N-methyl/N-ethyl adjacent to an activating group) is 2. The molecule has 3 rings (SSSR count). The molecule has 1 aliphatic heterocycles. The van der Waals surface area contributed by atoms with Gasteiger partial charge in [0.2, 0.25) is 0 Å². The molecule has 1 atom stereocenters. The van der Waals surface area contributed by atoms with Crippen molar-refractivity contribution in [2.45, 2.75) is 18.8 Å². The third-order valence-electron chi connectivity index (χ3n) is 5.25. The number of hydrogen-bond donors (Lipinski definition) is 2. The van der Waals surface area contributed by atoms with E-state index in [1.54, 1.807) is 0 Å². The summed E-state index contributed by atoms with van der Waals surface area (Å²) in [6.07, 6.45) is -3.84. The van der Waals surface area contributed by atoms with Gasteiger partial charge in [0.15, 0.2) is 0 Å². The summed E-state index contributed by atoms with van der Waals surface area (Å²) in [5, 5.41) is 4.98. The summed E-state index contributed by atoms with van der Waals surface area (Å²) in [6.45, 7) is 1.18. The molecule has 10 heteroatoms. The molecule has 0 spiro atoms. The molecule has 1 heterocycles. The van der Waals surface area contributed by atoms with Gasteiger partial charge in [-0.15, -0.1) is 13.2 Å². The molecule has 2 aromatic carbocycles. The second-order valence-corrected chi connectivity index (χ2v) is 7.78. The van der Waals surface area contributed by atoms with Crippen LogP contribution in [0.3, 0.4) is 0 Å². The van der Waals surface area contributed by atoms with E-state index in [4.69, 9.17) is 0 Å². The minimum atomic E-state index is -4.80. The highest BCUT2D eigenvalue weighted by Crippen LogP contribution is 2.30. The van der Waals surface area contributed by atoms with Gasteiger partial charge in [-0.2, -0.15) is 0 Å². The number of rotatable bonds is 6. The zero-order valence-corrected chi connectivity index (χ0v) is 18.0. The molecule has 1 aliphatic rings. The number of hydrogen-bond acceptors (Lipinski definition) is 5. The predicted octanol–water partition coefficient (Wildman–Crippen LogP) is 2.94. The maximum atomic E-state index is 12.3. The van der Waals surface area contributed by atoms with Crippen molar-refractivity contribution >= 4 is 23.2 Å². The molecule has 0 aliphatic carbocycles. The summed E-state index contributed by atoms with van der Waals surface area (Å²) in [5.41, 5.74) is 3.65. The minimum Gasteiger partial charge on any atom is -0.406 e. The fourth-order valence-corrected chi connectivity index (χ4v) is 3.59. The Bertz CT molecular complexity index is 977. The highest BCUT2D eigenvalue weighted by Gasteiger charge is 2.31. The van der Waals surface area contributed by atoms with Crippen molar-refractivity contribution < 1.29 is 27.5 Å². The van der Waals surface area contributed by atoms with E-state index >= 15 is 0 Å². The maximum Gasteiger partial charge on any atom is 0.573 e. The van der Waals surface area contributed by atoms with Crippen molar-refractivity contribution in [3.8, 4) is 5.75 Å². The molecular formula is C22H25F3N4O3. The Morgan fingerprint density at radius 2 is 1.81 bits per heavy atom. The van der Waals surface area contributed by atoms with Crippen LogP contribution in [0.2, 0.25) is 0 Å². The lowest BCUT2D eigenvalue weighted by Crippen LogP contribution is -2.40. The molecule has 7 nitrogen and oxygen atoms in total. The number of nitrogens with zero attached hydrogens (tertiary/aromatic N) is 2. The first-order chi connectivity index (χ1) is 15.0. The lowest BCUT2D eigenvalue weighted by molar-refractivity contribution is -0.274. The number of benzene rings is 2. The lowest BCUT2D eigenvalue weighted by atomic mass is 10.0. The number of carbonyl (C=O) groups is 2. The fraction of sp³-hybridized carbons (Fsp3) is 0.364. The van der Waals surface area contributed by atoms with Gasteiger partial charge in [-0.3, -0.25) is 9.59 Å². The SMILES string of the molecule is CN1CCc2cc([C@H](CNC(=O)C(=O)Nc3ccc(OC(F)(F)F)cc3)N(C)C)ccc21. The zero-order chi connectivity index (χ0) is 23.5. The van der Waals surface area contributed by atoms with Crippen LogP contribution < -0.4 is 20.3 Å². The van der Waals surface area contributed by atoms with Gasteiger partial charge in [0, 0.05) is 31.5 Å². The molecule has 0 fully saturated rings. The highest BCUT2D eigenvalue weighted by molar-refractivity contribution is 6.39. The van der Waals surface area contributed by atoms with Gasteiger partial charge in [0.25, 0.3) is 0 Å². The molecule has 0 saturated carbocycles. The molecule has 2 N–H and O–H groups in total. The maximum absolute atomic E-state index is 12.3. The zero-order valence-electron chi connectivity index (χ0n) is 18.0. The van der Waals surface area contributed by atoms with E-state index in [1.807, 2.05) is 32.1 Å². The topological polar surface area (TPSA) is 73.9 Å². The van der Waals surface area contributed by atoms with Crippen LogP contribution >= 0.6 is 0 Å². The average molecular weight is 450 g/mol. The quantitative estimate of drug-likeness (QED) is 0.662. The number of carbonyl (C=O) groups excluding carboxylic acids is 2. The predicted molar refractivity (Wildman–Crippen MR) is 115 cm³/mol. The molecule has 32 heavy (non-hydrogen) atoms. The van der Waals surface area contributed by atoms with Gasteiger partial charge in [0.05, 0.1) is 6.04 Å². The Labute approximate surface area is 184 Å². The summed E-state index contributed by atoms with van der Waals surface area (Å²) in [5.74, 6) is -2.18. The van der Waals surface area contributed by atoms with E-state index in [-0.39, 0.29) is 18.3 Å². The monoisotopic (exact) mass is 450 g/mol. The Morgan fingerprint density at radius 3 is 2.44 bits per heavy atom. The minimum absolute atomic E-state index is 0.137. The molecule has 0 radical (unpaired) electrons. The van der Waals surface area contributed by atoms with Crippen molar-refractivity contribution in [1.82, 2.24) is 10.2 Å². The van der Waals surface area contributed by atoms with Crippen LogP contribution in [0.25, 0.3) is 0 Å². The van der Waals surface area contributed by atoms with Crippen LogP contribution in [0.15, 0.2) is 42.5 Å². The van der Waals surface area contributed by atoms with Crippen LogP contribution in [0.5, 0.6) is 5.75 Å². The molecule has 2 aromatic rings. The fourth-order valence-electron chi connectivity index (χ4n) is 3.59. The standard InChI is InChI=1S/C22H25F3N4O3/c1-28(2)19(14-4-9-18-15(12-14)10-11-29(18)3)13-26-20(30)21(31)27-16-5-7-17(8-6-16)32-22(23,24)25/h4-9,12,19H,10-11,13H2,1-3H3,(H,26,30)(H,27,31)/t19-/m0/s1. The van der Waals surface area contributed by atoms with E-state index in [1.165, 1.54) is 23.4 Å². The Kier molecular flexibility index (Phi) is 6.93. The number of fused-ring (bicyclic) bond motifs is 1. The van der Waals surface area contributed by atoms with Gasteiger partial charge in [-0.25, -0.2) is 0 Å². The van der Waals surface area contributed by atoms with Crippen molar-refractivity contribution in [3.05, 3.63) is 53.6 Å². The number of nitrogens with one attached hydrogen (secondary N) is 2. The summed E-state index contributed by atoms with van der Waals surface area (Å²) in [6, 6.07) is 10.6. The lowest BCUT2D eigenvalue weighted by Gasteiger charge is -2.26. The average Bonchev–Trinajstić information content (AvgIpc) is 3.08. The van der Waals surface area contributed by atoms with Gasteiger partial charge in [-0.1, -0.05) is 12.1 Å². The molecule has 0 saturated heterocycles. The first-order valence-corrected chi connectivity index (χ1v) is 9.99. The molecule has 0 bridgehead atoms. The van der Waals surface area contributed by atoms with E-state index in [0.29, 0.717) is 0 Å². The Morgan fingerprint density at radius 1 is 1.12 bits per heavy atom. The number of halogens is 3. The van der Waals surface area contributed by atoms with E-state index in [9.17, 15) is 22.8 Å². The van der Waals surface area contributed by atoms with Crippen LogP contribution in [-0.4, -0.2) is 57.3 Å². The van der Waals surface area contributed by atoms with Crippen molar-refractivity contribution in [2.75, 3.05) is 44.4 Å².